The van der Waals surface area contributed by atoms with Gasteiger partial charge in [-0.15, -0.1) is 0 Å². The average molecular weight is 263 g/mol. The van der Waals surface area contributed by atoms with Gasteiger partial charge in [-0.2, -0.15) is 0 Å². The van der Waals surface area contributed by atoms with Gasteiger partial charge in [-0.05, 0) is 18.1 Å². The molecule has 0 spiro atoms. The Hall–Kier alpha value is -1.39. The molecule has 0 aliphatic carbocycles. The number of β-amino-alcohol motifs (C(OH)–C–C–N with tert-alkyl or cyclic N) is 1. The fraction of sp³-hybridized carbons (Fsp3) is 0.533. The summed E-state index contributed by atoms with van der Waals surface area (Å²) < 4.78 is 0. The number of nitrogens with zero attached hydrogens (tertiary/aromatic N) is 1. The molecular weight excluding hydrogens is 242 g/mol. The van der Waals surface area contributed by atoms with Crippen LogP contribution in [0.2, 0.25) is 0 Å². The number of aliphatic hydroxyl groups is 2. The van der Waals surface area contributed by atoms with Crippen molar-refractivity contribution in [2.75, 3.05) is 13.1 Å². The quantitative estimate of drug-likeness (QED) is 0.853. The lowest BCUT2D eigenvalue weighted by Gasteiger charge is -2.20. The Morgan fingerprint density at radius 1 is 1.37 bits per heavy atom. The number of carbonyl (C=O) groups is 1. The molecule has 19 heavy (non-hydrogen) atoms. The molecule has 1 fully saturated rings. The number of hydrogen-bond donors (Lipinski definition) is 2. The highest BCUT2D eigenvalue weighted by Gasteiger charge is 2.40. The lowest BCUT2D eigenvalue weighted by molar-refractivity contribution is -0.130. The topological polar surface area (TPSA) is 60.8 Å². The Labute approximate surface area is 113 Å². The van der Waals surface area contributed by atoms with Crippen LogP contribution in [-0.4, -0.2) is 39.7 Å². The summed E-state index contributed by atoms with van der Waals surface area (Å²) in [6, 6.07) is 7.37. The molecule has 1 aliphatic rings. The van der Waals surface area contributed by atoms with Gasteiger partial charge < -0.3 is 15.1 Å². The van der Waals surface area contributed by atoms with Crippen molar-refractivity contribution in [3.63, 3.8) is 0 Å². The van der Waals surface area contributed by atoms with E-state index in [1.165, 1.54) is 0 Å². The van der Waals surface area contributed by atoms with Gasteiger partial charge in [0, 0.05) is 19.0 Å². The van der Waals surface area contributed by atoms with Crippen LogP contribution in [0.5, 0.6) is 0 Å². The zero-order chi connectivity index (χ0) is 14.0. The van der Waals surface area contributed by atoms with E-state index in [9.17, 15) is 9.90 Å². The van der Waals surface area contributed by atoms with Gasteiger partial charge in [0.2, 0.25) is 5.91 Å². The Kier molecular flexibility index (Phi) is 3.92. The van der Waals surface area contributed by atoms with Crippen LogP contribution >= 0.6 is 0 Å². The first-order valence-corrected chi connectivity index (χ1v) is 6.61. The smallest absolute Gasteiger partial charge is 0.227 e. The molecule has 1 aromatic rings. The minimum absolute atomic E-state index is 0.0146. The van der Waals surface area contributed by atoms with Crippen molar-refractivity contribution in [1.29, 1.82) is 0 Å². The van der Waals surface area contributed by atoms with Crippen molar-refractivity contribution in [3.05, 3.63) is 35.4 Å². The molecule has 4 nitrogen and oxygen atoms in total. The summed E-state index contributed by atoms with van der Waals surface area (Å²) in [7, 11) is 0. The van der Waals surface area contributed by atoms with Crippen LogP contribution in [0.1, 0.15) is 25.0 Å². The molecule has 0 radical (unpaired) electrons. The number of amides is 1. The SMILES string of the molecule is C[C@H]1CN(C(=O)Cc2ccc(CO)cc2)C[C@@]1(C)O. The molecule has 1 saturated heterocycles. The zero-order valence-corrected chi connectivity index (χ0v) is 11.5. The molecule has 0 unspecified atom stereocenters. The zero-order valence-electron chi connectivity index (χ0n) is 11.5. The van der Waals surface area contributed by atoms with Gasteiger partial charge >= 0.3 is 0 Å². The Balaban J connectivity index is 1.98. The second kappa shape index (κ2) is 5.31. The first kappa shape index (κ1) is 14.0. The minimum atomic E-state index is -0.781. The monoisotopic (exact) mass is 263 g/mol. The minimum Gasteiger partial charge on any atom is -0.392 e. The summed E-state index contributed by atoms with van der Waals surface area (Å²) in [5.74, 6) is 0.148. The molecule has 0 aromatic heterocycles. The van der Waals surface area contributed by atoms with Gasteiger partial charge in [0.25, 0.3) is 0 Å². The third kappa shape index (κ3) is 3.14. The highest BCUT2D eigenvalue weighted by Crippen LogP contribution is 2.27. The van der Waals surface area contributed by atoms with Crippen molar-refractivity contribution in [2.24, 2.45) is 5.92 Å². The van der Waals surface area contributed by atoms with E-state index in [1.807, 2.05) is 31.2 Å². The normalized spacial score (nSPS) is 26.7. The molecule has 1 aromatic carbocycles. The first-order valence-electron chi connectivity index (χ1n) is 6.61. The van der Waals surface area contributed by atoms with Crippen molar-refractivity contribution in [3.8, 4) is 0 Å². The van der Waals surface area contributed by atoms with Crippen LogP contribution in [0.15, 0.2) is 24.3 Å². The van der Waals surface area contributed by atoms with Crippen LogP contribution in [0.4, 0.5) is 0 Å². The molecule has 2 rings (SSSR count). The second-order valence-corrected chi connectivity index (χ2v) is 5.68. The summed E-state index contributed by atoms with van der Waals surface area (Å²) in [4.78, 5) is 13.9. The lowest BCUT2D eigenvalue weighted by Crippen LogP contribution is -2.35. The maximum Gasteiger partial charge on any atom is 0.227 e. The molecular formula is C15H21NO3. The maximum atomic E-state index is 12.2. The van der Waals surface area contributed by atoms with Crippen molar-refractivity contribution in [1.82, 2.24) is 4.90 Å². The predicted octanol–water partition coefficient (Wildman–Crippen LogP) is 0.951. The van der Waals surface area contributed by atoms with Crippen LogP contribution in [0, 0.1) is 5.92 Å². The number of likely N-dealkylation sites (tertiary alicyclic amines) is 1. The average Bonchev–Trinajstić information content (AvgIpc) is 2.65. The van der Waals surface area contributed by atoms with Crippen molar-refractivity contribution >= 4 is 5.91 Å². The second-order valence-electron chi connectivity index (χ2n) is 5.68. The molecule has 1 amide bonds. The molecule has 1 aliphatic heterocycles. The molecule has 104 valence electrons. The Bertz CT molecular complexity index is 453. The molecule has 0 bridgehead atoms. The van der Waals surface area contributed by atoms with E-state index in [-0.39, 0.29) is 18.4 Å². The summed E-state index contributed by atoms with van der Waals surface area (Å²) in [6.45, 7) is 4.77. The van der Waals surface area contributed by atoms with Crippen molar-refractivity contribution < 1.29 is 15.0 Å². The van der Waals surface area contributed by atoms with Gasteiger partial charge in [-0.3, -0.25) is 4.79 Å². The molecule has 2 atom stereocenters. The van der Waals surface area contributed by atoms with E-state index in [0.717, 1.165) is 11.1 Å². The molecule has 0 saturated carbocycles. The van der Waals surface area contributed by atoms with Gasteiger partial charge in [-0.1, -0.05) is 31.2 Å². The van der Waals surface area contributed by atoms with Crippen LogP contribution in [0.25, 0.3) is 0 Å². The van der Waals surface area contributed by atoms with E-state index in [1.54, 1.807) is 11.8 Å². The van der Waals surface area contributed by atoms with E-state index in [2.05, 4.69) is 0 Å². The van der Waals surface area contributed by atoms with Crippen molar-refractivity contribution in [2.45, 2.75) is 32.5 Å². The highest BCUT2D eigenvalue weighted by atomic mass is 16.3. The van der Waals surface area contributed by atoms with E-state index in [0.29, 0.717) is 19.5 Å². The summed E-state index contributed by atoms with van der Waals surface area (Å²) in [5, 5.41) is 19.1. The molecule has 2 N–H and O–H groups in total. The fourth-order valence-electron chi connectivity index (χ4n) is 2.37. The number of carbonyl (C=O) groups excluding carboxylic acids is 1. The number of hydrogen-bond acceptors (Lipinski definition) is 3. The van der Waals surface area contributed by atoms with E-state index in [4.69, 9.17) is 5.11 Å². The third-order valence-electron chi connectivity index (χ3n) is 3.98. The number of aliphatic hydroxyl groups excluding tert-OH is 1. The highest BCUT2D eigenvalue weighted by molar-refractivity contribution is 5.79. The van der Waals surface area contributed by atoms with Crippen LogP contribution < -0.4 is 0 Å². The fourth-order valence-corrected chi connectivity index (χ4v) is 2.37. The van der Waals surface area contributed by atoms with E-state index < -0.39 is 5.60 Å². The summed E-state index contributed by atoms with van der Waals surface area (Å²) in [6.07, 6.45) is 0.342. The predicted molar refractivity (Wildman–Crippen MR) is 72.4 cm³/mol. The molecule has 4 heteroatoms. The Morgan fingerprint density at radius 3 is 2.42 bits per heavy atom. The van der Waals surface area contributed by atoms with Gasteiger partial charge in [0.15, 0.2) is 0 Å². The lowest BCUT2D eigenvalue weighted by atomic mass is 9.95. The van der Waals surface area contributed by atoms with Crippen LogP contribution in [-0.2, 0) is 17.8 Å². The molecule has 1 heterocycles. The Morgan fingerprint density at radius 2 is 1.95 bits per heavy atom. The first-order chi connectivity index (χ1) is 8.92. The van der Waals surface area contributed by atoms with E-state index >= 15 is 0 Å². The van der Waals surface area contributed by atoms with Gasteiger partial charge in [-0.25, -0.2) is 0 Å². The summed E-state index contributed by atoms with van der Waals surface area (Å²) in [5.41, 5.74) is 0.992. The number of rotatable bonds is 3. The number of benzene rings is 1. The van der Waals surface area contributed by atoms with Gasteiger partial charge in [0.05, 0.1) is 18.6 Å². The maximum absolute atomic E-state index is 12.2. The van der Waals surface area contributed by atoms with Gasteiger partial charge in [0.1, 0.15) is 0 Å². The summed E-state index contributed by atoms with van der Waals surface area (Å²) >= 11 is 0. The van der Waals surface area contributed by atoms with Crippen LogP contribution in [0.3, 0.4) is 0 Å². The largest absolute Gasteiger partial charge is 0.392 e. The standard InChI is InChI=1S/C15H21NO3/c1-11-8-16(10-15(11,2)19)14(18)7-12-3-5-13(9-17)6-4-12/h3-6,11,17,19H,7-10H2,1-2H3/t11-,15+/m0/s1. The third-order valence-corrected chi connectivity index (χ3v) is 3.98.